The molecule has 0 heterocycles. The third-order valence-electron chi connectivity index (χ3n) is 0.956. The number of hydrogen-bond acceptors (Lipinski definition) is 5. The van der Waals surface area contributed by atoms with Crippen molar-refractivity contribution >= 4 is 33.3 Å². The van der Waals surface area contributed by atoms with Crippen molar-refractivity contribution in [3.63, 3.8) is 0 Å². The van der Waals surface area contributed by atoms with Crippen molar-refractivity contribution in [2.75, 3.05) is 26.3 Å². The minimum absolute atomic E-state index is 0. The van der Waals surface area contributed by atoms with Crippen LogP contribution in [0.3, 0.4) is 0 Å². The van der Waals surface area contributed by atoms with Gasteiger partial charge in [-0.2, -0.15) is 0 Å². The average molecular weight is 372 g/mol. The molecule has 0 atom stereocenters. The quantitative estimate of drug-likeness (QED) is 0.425. The van der Waals surface area contributed by atoms with Crippen LogP contribution in [0.15, 0.2) is 0 Å². The molecule has 0 saturated heterocycles. The number of carbonyl (C=O) groups is 1. The third-order valence-corrected chi connectivity index (χ3v) is 0.956. The molecule has 5 nitrogen and oxygen atoms in total. The van der Waals surface area contributed by atoms with Crippen molar-refractivity contribution in [2.45, 2.75) is 6.92 Å². The van der Waals surface area contributed by atoms with E-state index in [2.05, 4.69) is 4.84 Å². The van der Waals surface area contributed by atoms with Crippen molar-refractivity contribution in [1.29, 1.82) is 0 Å². The predicted octanol–water partition coefficient (Wildman–Crippen LogP) is -2.17. The first-order valence-corrected chi connectivity index (χ1v) is 3.36. The van der Waals surface area contributed by atoms with Gasteiger partial charge < -0.3 is 15.1 Å². The Bertz CT molecular complexity index is 116. The zero-order valence-electron chi connectivity index (χ0n) is 7.19. The van der Waals surface area contributed by atoms with Gasteiger partial charge in [-0.05, 0) is 0 Å². The summed E-state index contributed by atoms with van der Waals surface area (Å²) in [6, 6.07) is 0. The van der Waals surface area contributed by atoms with Crippen molar-refractivity contribution in [1.82, 2.24) is 5.06 Å². The Morgan fingerprint density at radius 1 is 1.33 bits per heavy atom. The molecule has 0 saturated carbocycles. The number of carbonyl (C=O) groups excluding carboxylic acids is 1. The predicted molar refractivity (Wildman–Crippen MR) is 46.1 cm³/mol. The molecule has 0 unspecified atom stereocenters. The molecule has 0 amide bonds. The SMILES string of the molecule is CC(=O)ON(CCO)CCO.[PbH2]. The van der Waals surface area contributed by atoms with Gasteiger partial charge in [0.05, 0.1) is 26.3 Å². The fourth-order valence-electron chi connectivity index (χ4n) is 0.608. The zero-order chi connectivity index (χ0) is 8.69. The number of rotatable bonds is 5. The normalized spacial score (nSPS) is 9.33. The summed E-state index contributed by atoms with van der Waals surface area (Å²) in [7, 11) is 0. The molecule has 0 fully saturated rings. The fourth-order valence-corrected chi connectivity index (χ4v) is 0.608. The molecule has 6 heteroatoms. The second-order valence-electron chi connectivity index (χ2n) is 1.96. The summed E-state index contributed by atoms with van der Waals surface area (Å²) in [6.07, 6.45) is 0. The third kappa shape index (κ3) is 8.37. The molecular formula is C6H15NO4Pb. The summed E-state index contributed by atoms with van der Waals surface area (Å²) in [5.74, 6) is -0.452. The van der Waals surface area contributed by atoms with Gasteiger partial charge in [0, 0.05) is 6.92 Å². The summed E-state index contributed by atoms with van der Waals surface area (Å²) in [5, 5.41) is 18.1. The van der Waals surface area contributed by atoms with Crippen molar-refractivity contribution in [2.24, 2.45) is 0 Å². The zero-order valence-corrected chi connectivity index (χ0v) is 12.7. The number of nitrogens with zero attached hydrogens (tertiary/aromatic N) is 1. The van der Waals surface area contributed by atoms with E-state index in [0.29, 0.717) is 0 Å². The standard InChI is InChI=1S/C6H13NO4.Pb.2H/c1-6(10)11-7(2-4-8)3-5-9;;;/h8-9H,2-5H2,1H3;;;. The Labute approximate surface area is 91.4 Å². The van der Waals surface area contributed by atoms with Gasteiger partial charge in [0.1, 0.15) is 0 Å². The second-order valence-corrected chi connectivity index (χ2v) is 1.96. The van der Waals surface area contributed by atoms with E-state index in [0.717, 1.165) is 0 Å². The first kappa shape index (κ1) is 14.8. The van der Waals surface area contributed by atoms with Gasteiger partial charge >= 0.3 is 33.3 Å². The molecule has 72 valence electrons. The van der Waals surface area contributed by atoms with Crippen LogP contribution in [-0.4, -0.2) is 74.8 Å². The van der Waals surface area contributed by atoms with E-state index in [-0.39, 0.29) is 53.6 Å². The van der Waals surface area contributed by atoms with Crippen LogP contribution in [0.2, 0.25) is 0 Å². The first-order valence-electron chi connectivity index (χ1n) is 3.36. The van der Waals surface area contributed by atoms with E-state index in [9.17, 15) is 4.79 Å². The Morgan fingerprint density at radius 3 is 2.00 bits per heavy atom. The Kier molecular flexibility index (Phi) is 11.5. The van der Waals surface area contributed by atoms with Gasteiger partial charge in [0.25, 0.3) is 0 Å². The topological polar surface area (TPSA) is 70.0 Å². The van der Waals surface area contributed by atoms with Crippen LogP contribution in [-0.2, 0) is 9.63 Å². The number of hydrogen-bond donors (Lipinski definition) is 2. The van der Waals surface area contributed by atoms with Crippen LogP contribution < -0.4 is 0 Å². The van der Waals surface area contributed by atoms with Gasteiger partial charge in [-0.25, -0.2) is 0 Å². The summed E-state index contributed by atoms with van der Waals surface area (Å²) in [5.41, 5.74) is 0. The Balaban J connectivity index is 0. The molecule has 0 bridgehead atoms. The van der Waals surface area contributed by atoms with E-state index >= 15 is 0 Å². The van der Waals surface area contributed by atoms with Crippen LogP contribution in [0.4, 0.5) is 0 Å². The van der Waals surface area contributed by atoms with E-state index in [4.69, 9.17) is 10.2 Å². The van der Waals surface area contributed by atoms with Gasteiger partial charge in [-0.3, -0.25) is 4.79 Å². The van der Waals surface area contributed by atoms with Crippen molar-refractivity contribution in [3.05, 3.63) is 0 Å². The fraction of sp³-hybridized carbons (Fsp3) is 0.833. The van der Waals surface area contributed by atoms with E-state index in [1.54, 1.807) is 0 Å². The molecule has 0 aliphatic carbocycles. The number of aliphatic hydroxyl groups is 2. The summed E-state index contributed by atoms with van der Waals surface area (Å²) < 4.78 is 0. The molecule has 0 aromatic rings. The van der Waals surface area contributed by atoms with Crippen LogP contribution in [0.25, 0.3) is 0 Å². The molecule has 0 aliphatic rings. The molecule has 0 spiro atoms. The first-order chi connectivity index (χ1) is 5.20. The van der Waals surface area contributed by atoms with E-state index in [1.807, 2.05) is 0 Å². The van der Waals surface area contributed by atoms with Crippen LogP contribution in [0, 0.1) is 0 Å². The van der Waals surface area contributed by atoms with Gasteiger partial charge in [-0.15, -0.1) is 5.06 Å². The van der Waals surface area contributed by atoms with Crippen LogP contribution >= 0.6 is 0 Å². The maximum atomic E-state index is 10.4. The van der Waals surface area contributed by atoms with E-state index in [1.165, 1.54) is 12.0 Å². The molecule has 2 N–H and O–H groups in total. The average Bonchev–Trinajstić information content (AvgIpc) is 1.87. The van der Waals surface area contributed by atoms with Gasteiger partial charge in [0.15, 0.2) is 0 Å². The molecule has 2 radical (unpaired) electrons. The Hall–Kier alpha value is 0.272. The van der Waals surface area contributed by atoms with Crippen molar-refractivity contribution < 1.29 is 19.8 Å². The molecular weight excluding hydrogens is 357 g/mol. The molecule has 0 rings (SSSR count). The number of hydroxylamine groups is 2. The summed E-state index contributed by atoms with van der Waals surface area (Å²) in [6.45, 7) is 1.50. The van der Waals surface area contributed by atoms with Crippen LogP contribution in [0.1, 0.15) is 6.92 Å². The monoisotopic (exact) mass is 373 g/mol. The van der Waals surface area contributed by atoms with E-state index < -0.39 is 5.97 Å². The molecule has 0 aliphatic heterocycles. The minimum atomic E-state index is -0.452. The Morgan fingerprint density at radius 2 is 1.75 bits per heavy atom. The summed E-state index contributed by atoms with van der Waals surface area (Å²) >= 11 is 0. The maximum absolute atomic E-state index is 10.4. The van der Waals surface area contributed by atoms with Gasteiger partial charge in [-0.1, -0.05) is 0 Å². The summed E-state index contributed by atoms with van der Waals surface area (Å²) in [4.78, 5) is 15.0. The molecule has 0 aromatic heterocycles. The molecule has 0 aromatic carbocycles. The molecule has 12 heavy (non-hydrogen) atoms. The van der Waals surface area contributed by atoms with Crippen LogP contribution in [0.5, 0.6) is 0 Å². The number of aliphatic hydroxyl groups excluding tert-OH is 2. The second kappa shape index (κ2) is 9.36. The van der Waals surface area contributed by atoms with Crippen molar-refractivity contribution in [3.8, 4) is 0 Å². The van der Waals surface area contributed by atoms with Gasteiger partial charge in [0.2, 0.25) is 0 Å².